The summed E-state index contributed by atoms with van der Waals surface area (Å²) in [7, 11) is 0. The van der Waals surface area contributed by atoms with E-state index < -0.39 is 0 Å². The van der Waals surface area contributed by atoms with Gasteiger partial charge in [0.05, 0.1) is 0 Å². The molecule has 0 heterocycles. The second-order valence-electron chi connectivity index (χ2n) is 1.93. The maximum Gasteiger partial charge on any atom is 0.0389 e. The fourth-order valence-corrected chi connectivity index (χ4v) is 0.471. The van der Waals surface area contributed by atoms with E-state index in [-0.39, 0.29) is 0 Å². The molecule has 1 nitrogen and oxygen atoms in total. The number of nitrogens with zero attached hydrogens (tertiary/aromatic N) is 1. The first-order valence-electron chi connectivity index (χ1n) is 3.53. The number of rotatable bonds is 4. The Labute approximate surface area is 57.5 Å². The van der Waals surface area contributed by atoms with Crippen molar-refractivity contribution in [3.05, 3.63) is 12.2 Å². The Morgan fingerprint density at radius 2 is 2.22 bits per heavy atom. The molecule has 0 radical (unpaired) electrons. The first-order chi connectivity index (χ1) is 4.41. The summed E-state index contributed by atoms with van der Waals surface area (Å²) in [5, 5.41) is 0. The lowest BCUT2D eigenvalue weighted by molar-refractivity contribution is 0.810. The molecule has 0 amide bonds. The van der Waals surface area contributed by atoms with Crippen molar-refractivity contribution >= 4 is 6.21 Å². The lowest BCUT2D eigenvalue weighted by Gasteiger charge is -1.85. The van der Waals surface area contributed by atoms with Gasteiger partial charge in [0.2, 0.25) is 0 Å². The molecular formula is C8H15N. The smallest absolute Gasteiger partial charge is 0.0389 e. The van der Waals surface area contributed by atoms with Crippen LogP contribution in [0.2, 0.25) is 0 Å². The predicted molar refractivity (Wildman–Crippen MR) is 43.1 cm³/mol. The zero-order valence-electron chi connectivity index (χ0n) is 6.30. The standard InChI is InChI=1S/C8H15N/c1-3-5-7-9-8-6-4-2/h3,5,7H,4,6,8H2,1-2H3/b5-3-,9-7-. The van der Waals surface area contributed by atoms with Crippen LogP contribution in [0.15, 0.2) is 17.1 Å². The second kappa shape index (κ2) is 7.41. The van der Waals surface area contributed by atoms with Crippen LogP contribution in [0, 0.1) is 0 Å². The Morgan fingerprint density at radius 3 is 2.78 bits per heavy atom. The van der Waals surface area contributed by atoms with E-state index in [0.29, 0.717) is 0 Å². The highest BCUT2D eigenvalue weighted by molar-refractivity contribution is 5.70. The Hall–Kier alpha value is -0.590. The molecule has 0 fully saturated rings. The van der Waals surface area contributed by atoms with Gasteiger partial charge in [-0.15, -0.1) is 0 Å². The molecule has 0 spiro atoms. The van der Waals surface area contributed by atoms with E-state index in [1.54, 1.807) is 0 Å². The van der Waals surface area contributed by atoms with E-state index in [4.69, 9.17) is 0 Å². The number of aliphatic imine (C=N–C) groups is 1. The van der Waals surface area contributed by atoms with Crippen LogP contribution in [0.5, 0.6) is 0 Å². The Morgan fingerprint density at radius 1 is 1.44 bits per heavy atom. The largest absolute Gasteiger partial charge is 0.293 e. The summed E-state index contributed by atoms with van der Waals surface area (Å²) in [6.45, 7) is 5.14. The third kappa shape index (κ3) is 7.41. The molecule has 0 bridgehead atoms. The van der Waals surface area contributed by atoms with Gasteiger partial charge in [0, 0.05) is 12.8 Å². The van der Waals surface area contributed by atoms with Crippen molar-refractivity contribution in [1.29, 1.82) is 0 Å². The molecule has 0 atom stereocenters. The summed E-state index contributed by atoms with van der Waals surface area (Å²) in [4.78, 5) is 4.14. The van der Waals surface area contributed by atoms with Gasteiger partial charge in [-0.1, -0.05) is 19.4 Å². The van der Waals surface area contributed by atoms with Gasteiger partial charge >= 0.3 is 0 Å². The lowest BCUT2D eigenvalue weighted by Crippen LogP contribution is -1.77. The van der Waals surface area contributed by atoms with E-state index >= 15 is 0 Å². The highest BCUT2D eigenvalue weighted by Gasteiger charge is 1.74. The minimum absolute atomic E-state index is 0.973. The van der Waals surface area contributed by atoms with Crippen molar-refractivity contribution in [1.82, 2.24) is 0 Å². The molecule has 0 aromatic carbocycles. The molecule has 0 unspecified atom stereocenters. The zero-order chi connectivity index (χ0) is 6.95. The third-order valence-corrected chi connectivity index (χ3v) is 1.02. The summed E-state index contributed by atoms with van der Waals surface area (Å²) >= 11 is 0. The van der Waals surface area contributed by atoms with E-state index in [1.165, 1.54) is 12.8 Å². The highest BCUT2D eigenvalue weighted by Crippen LogP contribution is 1.84. The summed E-state index contributed by atoms with van der Waals surface area (Å²) in [5.41, 5.74) is 0. The molecule has 0 aromatic heterocycles. The minimum atomic E-state index is 0.973. The van der Waals surface area contributed by atoms with Crippen LogP contribution < -0.4 is 0 Å². The molecule has 0 N–H and O–H groups in total. The maximum absolute atomic E-state index is 4.14. The van der Waals surface area contributed by atoms with Crippen LogP contribution in [0.4, 0.5) is 0 Å². The van der Waals surface area contributed by atoms with Crippen molar-refractivity contribution in [3.63, 3.8) is 0 Å². The van der Waals surface area contributed by atoms with Crippen LogP contribution in [-0.4, -0.2) is 12.8 Å². The second-order valence-corrected chi connectivity index (χ2v) is 1.93. The molecular weight excluding hydrogens is 110 g/mol. The molecule has 0 saturated heterocycles. The summed E-state index contributed by atoms with van der Waals surface area (Å²) in [6.07, 6.45) is 8.22. The third-order valence-electron chi connectivity index (χ3n) is 1.02. The predicted octanol–water partition coefficient (Wildman–Crippen LogP) is 2.43. The van der Waals surface area contributed by atoms with Crippen LogP contribution in [0.3, 0.4) is 0 Å². The SMILES string of the molecule is C/C=C\C=N/CCCC. The molecule has 52 valence electrons. The molecule has 0 aliphatic rings. The first kappa shape index (κ1) is 8.41. The van der Waals surface area contributed by atoms with Gasteiger partial charge in [-0.2, -0.15) is 0 Å². The van der Waals surface area contributed by atoms with E-state index in [9.17, 15) is 0 Å². The van der Waals surface area contributed by atoms with Gasteiger partial charge in [-0.05, 0) is 19.4 Å². The van der Waals surface area contributed by atoms with Gasteiger partial charge in [-0.25, -0.2) is 0 Å². The van der Waals surface area contributed by atoms with E-state index in [1.807, 2.05) is 25.3 Å². The Balaban J connectivity index is 3.04. The van der Waals surface area contributed by atoms with Crippen LogP contribution in [0.25, 0.3) is 0 Å². The van der Waals surface area contributed by atoms with Gasteiger partial charge in [-0.3, -0.25) is 4.99 Å². The molecule has 0 rings (SSSR count). The topological polar surface area (TPSA) is 12.4 Å². The minimum Gasteiger partial charge on any atom is -0.293 e. The summed E-state index contributed by atoms with van der Waals surface area (Å²) < 4.78 is 0. The fourth-order valence-electron chi connectivity index (χ4n) is 0.471. The average Bonchev–Trinajstić information content (AvgIpc) is 1.89. The highest BCUT2D eigenvalue weighted by atomic mass is 14.7. The van der Waals surface area contributed by atoms with Gasteiger partial charge < -0.3 is 0 Å². The number of allylic oxidation sites excluding steroid dienone is 2. The Kier molecular flexibility index (Phi) is 6.92. The van der Waals surface area contributed by atoms with Crippen LogP contribution in [0.1, 0.15) is 26.7 Å². The molecule has 0 aromatic rings. The van der Waals surface area contributed by atoms with Crippen molar-refractivity contribution in [2.75, 3.05) is 6.54 Å². The number of unbranched alkanes of at least 4 members (excludes halogenated alkanes) is 1. The van der Waals surface area contributed by atoms with Crippen molar-refractivity contribution in [2.45, 2.75) is 26.7 Å². The zero-order valence-corrected chi connectivity index (χ0v) is 6.30. The van der Waals surface area contributed by atoms with E-state index in [0.717, 1.165) is 6.54 Å². The summed E-state index contributed by atoms with van der Waals surface area (Å²) in [6, 6.07) is 0. The summed E-state index contributed by atoms with van der Waals surface area (Å²) in [5.74, 6) is 0. The molecule has 9 heavy (non-hydrogen) atoms. The normalized spacial score (nSPS) is 11.8. The van der Waals surface area contributed by atoms with Gasteiger partial charge in [0.15, 0.2) is 0 Å². The average molecular weight is 125 g/mol. The quantitative estimate of drug-likeness (QED) is 0.404. The van der Waals surface area contributed by atoms with Crippen molar-refractivity contribution < 1.29 is 0 Å². The van der Waals surface area contributed by atoms with Gasteiger partial charge in [0.25, 0.3) is 0 Å². The molecule has 1 heteroatoms. The molecule has 0 aliphatic heterocycles. The van der Waals surface area contributed by atoms with Crippen molar-refractivity contribution in [3.8, 4) is 0 Å². The first-order valence-corrected chi connectivity index (χ1v) is 3.53. The maximum atomic E-state index is 4.14. The molecule has 0 aliphatic carbocycles. The molecule has 0 saturated carbocycles. The van der Waals surface area contributed by atoms with Crippen molar-refractivity contribution in [2.24, 2.45) is 4.99 Å². The Bertz CT molecular complexity index is 92.7. The lowest BCUT2D eigenvalue weighted by atomic mass is 10.3. The van der Waals surface area contributed by atoms with Crippen LogP contribution >= 0.6 is 0 Å². The van der Waals surface area contributed by atoms with Crippen LogP contribution in [-0.2, 0) is 0 Å². The monoisotopic (exact) mass is 125 g/mol. The number of hydrogen-bond donors (Lipinski definition) is 0. The van der Waals surface area contributed by atoms with Gasteiger partial charge in [0.1, 0.15) is 0 Å². The fraction of sp³-hybridized carbons (Fsp3) is 0.625. The number of hydrogen-bond acceptors (Lipinski definition) is 1. The van der Waals surface area contributed by atoms with E-state index in [2.05, 4.69) is 11.9 Å².